The van der Waals surface area contributed by atoms with Crippen LogP contribution in [0.4, 0.5) is 0 Å². The highest BCUT2D eigenvalue weighted by molar-refractivity contribution is 7.79. The molecule has 0 bridgehead atoms. The molecule has 0 aromatic rings. The third kappa shape index (κ3) is 396. The molecular formula is C14H38S. The highest BCUT2D eigenvalue weighted by Gasteiger charge is 1.68. The molecule has 0 aliphatic carbocycles. The summed E-state index contributed by atoms with van der Waals surface area (Å²) in [7, 11) is 0. The molecule has 0 aliphatic rings. The van der Waals surface area contributed by atoms with Crippen molar-refractivity contribution in [2.24, 2.45) is 5.92 Å². The highest BCUT2D eigenvalue weighted by atomic mass is 32.1. The second-order valence-corrected chi connectivity index (χ2v) is 3.09. The van der Waals surface area contributed by atoms with E-state index in [9.17, 15) is 0 Å². The van der Waals surface area contributed by atoms with E-state index in [0.29, 0.717) is 0 Å². The zero-order valence-electron chi connectivity index (χ0n) is 13.1. The Morgan fingerprint density at radius 2 is 0.867 bits per heavy atom. The van der Waals surface area contributed by atoms with Crippen molar-refractivity contribution < 1.29 is 0 Å². The molecule has 0 aliphatic heterocycles. The van der Waals surface area contributed by atoms with Gasteiger partial charge in [-0.2, -0.15) is 12.6 Å². The quantitative estimate of drug-likeness (QED) is 0.525. The van der Waals surface area contributed by atoms with E-state index in [1.165, 1.54) is 19.3 Å². The topological polar surface area (TPSA) is 0 Å². The van der Waals surface area contributed by atoms with Gasteiger partial charge in [0.2, 0.25) is 0 Å². The number of unbranched alkanes of at least 4 members (excludes halogenated alkanes) is 2. The Labute approximate surface area is 107 Å². The summed E-state index contributed by atoms with van der Waals surface area (Å²) in [5, 5.41) is 0. The van der Waals surface area contributed by atoms with Crippen LogP contribution in [0.2, 0.25) is 0 Å². The normalized spacial score (nSPS) is 6.40. The van der Waals surface area contributed by atoms with Gasteiger partial charge in [0.1, 0.15) is 0 Å². The molecule has 0 nitrogen and oxygen atoms in total. The zero-order valence-corrected chi connectivity index (χ0v) is 14.0. The van der Waals surface area contributed by atoms with Crippen molar-refractivity contribution in [2.45, 2.75) is 81.6 Å². The fourth-order valence-corrected chi connectivity index (χ4v) is 0.354. The molecule has 0 unspecified atom stereocenters. The first-order chi connectivity index (χ1) is 7.15. The van der Waals surface area contributed by atoms with E-state index in [2.05, 4.69) is 47.2 Å². The van der Waals surface area contributed by atoms with Crippen LogP contribution in [0.3, 0.4) is 0 Å². The van der Waals surface area contributed by atoms with Crippen LogP contribution >= 0.6 is 12.6 Å². The zero-order chi connectivity index (χ0) is 13.7. The minimum absolute atomic E-state index is 0.833. The fraction of sp³-hybridized carbons (Fsp3) is 1.00. The minimum atomic E-state index is 0.833. The van der Waals surface area contributed by atoms with E-state index < -0.39 is 0 Å². The minimum Gasteiger partial charge on any atom is -0.183 e. The average Bonchev–Trinajstić information content (AvgIpc) is 2.27. The van der Waals surface area contributed by atoms with Crippen molar-refractivity contribution in [3.8, 4) is 0 Å². The van der Waals surface area contributed by atoms with Crippen molar-refractivity contribution in [3.63, 3.8) is 0 Å². The van der Waals surface area contributed by atoms with Gasteiger partial charge in [0.05, 0.1) is 0 Å². The van der Waals surface area contributed by atoms with Crippen LogP contribution < -0.4 is 0 Å². The van der Waals surface area contributed by atoms with Gasteiger partial charge in [-0.25, -0.2) is 0 Å². The van der Waals surface area contributed by atoms with Crippen LogP contribution in [0.25, 0.3) is 0 Å². The summed E-state index contributed by atoms with van der Waals surface area (Å²) in [6.45, 7) is 18.9. The van der Waals surface area contributed by atoms with Crippen molar-refractivity contribution in [1.82, 2.24) is 0 Å². The van der Waals surface area contributed by atoms with Crippen LogP contribution in [0, 0.1) is 5.92 Å². The summed E-state index contributed by atoms with van der Waals surface area (Å²) in [6, 6.07) is 0. The lowest BCUT2D eigenvalue weighted by molar-refractivity contribution is 0.737. The smallest absolute Gasteiger partial charge is 0.0215 e. The van der Waals surface area contributed by atoms with E-state index in [1.807, 2.05) is 27.7 Å². The van der Waals surface area contributed by atoms with Crippen molar-refractivity contribution >= 4 is 12.6 Å². The molecule has 15 heavy (non-hydrogen) atoms. The molecule has 0 fully saturated rings. The average molecular weight is 239 g/mol. The van der Waals surface area contributed by atoms with Gasteiger partial charge >= 0.3 is 0 Å². The first-order valence-electron chi connectivity index (χ1n) is 6.59. The Morgan fingerprint density at radius 3 is 0.867 bits per heavy atom. The Balaban J connectivity index is -0.0000000301. The van der Waals surface area contributed by atoms with Gasteiger partial charge in [0.25, 0.3) is 0 Å². The Morgan fingerprint density at radius 1 is 0.733 bits per heavy atom. The van der Waals surface area contributed by atoms with Crippen LogP contribution in [-0.4, -0.2) is 6.26 Å². The largest absolute Gasteiger partial charge is 0.183 e. The van der Waals surface area contributed by atoms with Gasteiger partial charge in [-0.05, 0) is 12.2 Å². The third-order valence-electron chi connectivity index (χ3n) is 0.707. The lowest BCUT2D eigenvalue weighted by Crippen LogP contribution is -1.66. The molecule has 1 heteroatoms. The number of hydrogen-bond donors (Lipinski definition) is 1. The summed E-state index contributed by atoms with van der Waals surface area (Å²) in [4.78, 5) is 0. The predicted octanol–water partition coefficient (Wildman–Crippen LogP) is 6.46. The monoisotopic (exact) mass is 238 g/mol. The van der Waals surface area contributed by atoms with Crippen LogP contribution in [0.1, 0.15) is 81.6 Å². The first-order valence-corrected chi connectivity index (χ1v) is 7.49. The molecule has 0 atom stereocenters. The molecule has 0 aromatic heterocycles. The van der Waals surface area contributed by atoms with E-state index in [4.69, 9.17) is 0 Å². The maximum absolute atomic E-state index is 3.53. The van der Waals surface area contributed by atoms with Gasteiger partial charge in [0, 0.05) is 0 Å². The number of thiol groups is 1. The lowest BCUT2D eigenvalue weighted by atomic mass is 10.3. The van der Waals surface area contributed by atoms with E-state index in [0.717, 1.165) is 5.92 Å². The van der Waals surface area contributed by atoms with Crippen LogP contribution in [-0.2, 0) is 0 Å². The van der Waals surface area contributed by atoms with Crippen molar-refractivity contribution in [3.05, 3.63) is 0 Å². The molecular weight excluding hydrogens is 200 g/mol. The van der Waals surface area contributed by atoms with Gasteiger partial charge in [-0.3, -0.25) is 0 Å². The summed E-state index contributed by atoms with van der Waals surface area (Å²) >= 11 is 3.53. The first kappa shape index (κ1) is 29.5. The molecule has 0 radical (unpaired) electrons. The maximum Gasteiger partial charge on any atom is -0.0215 e. The van der Waals surface area contributed by atoms with Gasteiger partial charge < -0.3 is 0 Å². The van der Waals surface area contributed by atoms with Crippen molar-refractivity contribution in [2.75, 3.05) is 6.26 Å². The van der Waals surface area contributed by atoms with Gasteiger partial charge in [-0.1, -0.05) is 81.6 Å². The Hall–Kier alpha value is 0.350. The van der Waals surface area contributed by atoms with E-state index in [-0.39, 0.29) is 0 Å². The highest BCUT2D eigenvalue weighted by Crippen LogP contribution is 1.88. The molecule has 0 rings (SSSR count). The summed E-state index contributed by atoms with van der Waals surface area (Å²) < 4.78 is 0. The Bertz CT molecular complexity index is 29.6. The van der Waals surface area contributed by atoms with Gasteiger partial charge in [0.15, 0.2) is 0 Å². The fourth-order valence-electron chi connectivity index (χ4n) is 0.354. The molecule has 0 saturated heterocycles. The molecule has 0 heterocycles. The maximum atomic E-state index is 3.53. The predicted molar refractivity (Wildman–Crippen MR) is 83.3 cm³/mol. The Kier molecular flexibility index (Phi) is 125. The van der Waals surface area contributed by atoms with E-state index >= 15 is 0 Å². The second-order valence-electron chi connectivity index (χ2n) is 3.09. The molecule has 0 N–H and O–H groups in total. The summed E-state index contributed by atoms with van der Waals surface area (Å²) in [6.07, 6.45) is 5.77. The number of rotatable bonds is 2. The van der Waals surface area contributed by atoms with Crippen LogP contribution in [0.15, 0.2) is 0 Å². The SMILES string of the molecule is CC.CC.CC(C)C.CCCCC.CS. The molecule has 0 saturated carbocycles. The van der Waals surface area contributed by atoms with E-state index in [1.54, 1.807) is 6.26 Å². The summed E-state index contributed by atoms with van der Waals surface area (Å²) in [5.41, 5.74) is 0. The standard InChI is InChI=1S/C5H12.C4H10.2C2H6.CH4S/c1-3-5-4-2;1-4(2)3;3*1-2/h3-5H2,1-2H3;4H,1-3H3;2*1-2H3;2H,1H3. The molecule has 100 valence electrons. The lowest BCUT2D eigenvalue weighted by Gasteiger charge is -1.79. The number of hydrogen-bond acceptors (Lipinski definition) is 1. The third-order valence-corrected chi connectivity index (χ3v) is 0.707. The van der Waals surface area contributed by atoms with Gasteiger partial charge in [-0.15, -0.1) is 0 Å². The second kappa shape index (κ2) is 63.4. The van der Waals surface area contributed by atoms with Crippen LogP contribution in [0.5, 0.6) is 0 Å². The molecule has 0 aromatic carbocycles. The summed E-state index contributed by atoms with van der Waals surface area (Å²) in [5.74, 6) is 0.833. The van der Waals surface area contributed by atoms with Crippen molar-refractivity contribution in [1.29, 1.82) is 0 Å². The molecule has 0 amide bonds. The molecule has 0 spiro atoms.